The molecule has 2 atom stereocenters. The average molecular weight is 311 g/mol. The zero-order valence-corrected chi connectivity index (χ0v) is 13.7. The van der Waals surface area contributed by atoms with Crippen LogP contribution in [0.2, 0.25) is 5.02 Å². The fourth-order valence-electron chi connectivity index (χ4n) is 3.42. The van der Waals surface area contributed by atoms with Gasteiger partial charge in [0.2, 0.25) is 5.91 Å². The lowest BCUT2D eigenvalue weighted by atomic mass is 9.95. The Kier molecular flexibility index (Phi) is 3.04. The van der Waals surface area contributed by atoms with E-state index in [1.165, 1.54) is 0 Å². The largest absolute Gasteiger partial charge is 0.378 e. The van der Waals surface area contributed by atoms with Crippen LogP contribution < -0.4 is 10.2 Å². The first-order chi connectivity index (χ1) is 9.22. The average Bonchev–Trinajstić information content (AvgIpc) is 2.46. The molecule has 5 heteroatoms. The number of nitrogens with one attached hydrogen (secondary N) is 1. The van der Waals surface area contributed by atoms with Gasteiger partial charge in [0.05, 0.1) is 21.5 Å². The number of nitrogens with zero attached hydrogens (tertiary/aromatic N) is 1. The molecular weight excluding hydrogens is 292 g/mol. The number of fused-ring (bicyclic) bond motifs is 3. The van der Waals surface area contributed by atoms with E-state index in [4.69, 9.17) is 11.6 Å². The Hall–Kier alpha value is -0.870. The van der Waals surface area contributed by atoms with Crippen LogP contribution in [0.1, 0.15) is 34.1 Å². The number of hydrogen-bond donors (Lipinski definition) is 1. The van der Waals surface area contributed by atoms with Crippen LogP contribution in [0.3, 0.4) is 0 Å². The Morgan fingerprint density at radius 2 is 2.10 bits per heavy atom. The zero-order valence-electron chi connectivity index (χ0n) is 12.2. The molecule has 0 aliphatic carbocycles. The summed E-state index contributed by atoms with van der Waals surface area (Å²) in [7, 11) is 0. The first kappa shape index (κ1) is 14.1. The lowest BCUT2D eigenvalue weighted by molar-refractivity contribution is -0.117. The van der Waals surface area contributed by atoms with Crippen molar-refractivity contribution in [3.05, 3.63) is 23.2 Å². The number of amides is 1. The molecule has 1 aromatic rings. The Labute approximate surface area is 129 Å². The van der Waals surface area contributed by atoms with Crippen LogP contribution in [0.15, 0.2) is 18.2 Å². The van der Waals surface area contributed by atoms with Crippen LogP contribution in [-0.4, -0.2) is 21.6 Å². The van der Waals surface area contributed by atoms with Gasteiger partial charge in [-0.15, -0.1) is 11.8 Å². The molecule has 1 saturated heterocycles. The van der Waals surface area contributed by atoms with E-state index in [9.17, 15) is 4.79 Å². The number of thioether (sulfide) groups is 1. The van der Waals surface area contributed by atoms with Gasteiger partial charge in [-0.2, -0.15) is 0 Å². The molecule has 0 aromatic heterocycles. The molecule has 2 aliphatic heterocycles. The maximum absolute atomic E-state index is 12.6. The molecule has 1 aromatic carbocycles. The summed E-state index contributed by atoms with van der Waals surface area (Å²) in [6, 6.07) is 5.72. The molecule has 0 saturated carbocycles. The summed E-state index contributed by atoms with van der Waals surface area (Å²) >= 11 is 7.89. The van der Waals surface area contributed by atoms with Gasteiger partial charge in [0.15, 0.2) is 0 Å². The second-order valence-electron chi connectivity index (χ2n) is 6.46. The van der Waals surface area contributed by atoms with E-state index in [2.05, 4.69) is 26.1 Å². The molecule has 1 amide bonds. The van der Waals surface area contributed by atoms with Gasteiger partial charge in [0, 0.05) is 17.0 Å². The maximum atomic E-state index is 12.6. The standard InChI is InChI=1S/C15H19ClN2OS/c1-9-13(19)18-12-7-10(16)5-6-11(12)17-14(2,3)8-15(18,4)20-9/h5-7,9,17H,8H2,1-4H3. The van der Waals surface area contributed by atoms with Gasteiger partial charge in [-0.1, -0.05) is 11.6 Å². The molecule has 0 radical (unpaired) electrons. The molecule has 2 unspecified atom stereocenters. The first-order valence-electron chi connectivity index (χ1n) is 6.81. The molecule has 0 spiro atoms. The summed E-state index contributed by atoms with van der Waals surface area (Å²) in [5.74, 6) is 0.167. The SMILES string of the molecule is CC1SC2(C)CC(C)(C)Nc3ccc(Cl)cc3N2C1=O. The number of hydrogen-bond acceptors (Lipinski definition) is 3. The van der Waals surface area contributed by atoms with Crippen LogP contribution >= 0.6 is 23.4 Å². The van der Waals surface area contributed by atoms with Crippen molar-refractivity contribution in [1.29, 1.82) is 0 Å². The normalized spacial score (nSPS) is 31.4. The van der Waals surface area contributed by atoms with Crippen LogP contribution in [-0.2, 0) is 4.79 Å². The van der Waals surface area contributed by atoms with E-state index in [0.717, 1.165) is 17.8 Å². The van der Waals surface area contributed by atoms with Gasteiger partial charge in [0.25, 0.3) is 0 Å². The van der Waals surface area contributed by atoms with E-state index in [-0.39, 0.29) is 21.6 Å². The molecule has 1 N–H and O–H groups in total. The minimum atomic E-state index is -0.233. The smallest absolute Gasteiger partial charge is 0.241 e. The van der Waals surface area contributed by atoms with E-state index in [1.807, 2.05) is 30.0 Å². The molecular formula is C15H19ClN2OS. The third-order valence-electron chi connectivity index (χ3n) is 3.92. The van der Waals surface area contributed by atoms with Crippen molar-refractivity contribution >= 4 is 40.6 Å². The Morgan fingerprint density at radius 3 is 2.80 bits per heavy atom. The number of benzene rings is 1. The van der Waals surface area contributed by atoms with Gasteiger partial charge in [-0.25, -0.2) is 0 Å². The van der Waals surface area contributed by atoms with E-state index < -0.39 is 0 Å². The minimum Gasteiger partial charge on any atom is -0.378 e. The second kappa shape index (κ2) is 4.31. The summed E-state index contributed by atoms with van der Waals surface area (Å²) in [6.45, 7) is 8.48. The number of carbonyl (C=O) groups is 1. The van der Waals surface area contributed by atoms with Gasteiger partial charge in [-0.05, 0) is 45.9 Å². The van der Waals surface area contributed by atoms with Crippen LogP contribution in [0, 0.1) is 0 Å². The summed E-state index contributed by atoms with van der Waals surface area (Å²) < 4.78 is 0. The lowest BCUT2D eigenvalue weighted by Gasteiger charge is -2.36. The van der Waals surface area contributed by atoms with Gasteiger partial charge >= 0.3 is 0 Å². The predicted molar refractivity (Wildman–Crippen MR) is 86.7 cm³/mol. The highest BCUT2D eigenvalue weighted by Crippen LogP contribution is 2.52. The lowest BCUT2D eigenvalue weighted by Crippen LogP contribution is -2.46. The molecule has 3 rings (SSSR count). The fraction of sp³-hybridized carbons (Fsp3) is 0.533. The quantitative estimate of drug-likeness (QED) is 0.782. The molecule has 2 heterocycles. The number of halogens is 1. The molecule has 20 heavy (non-hydrogen) atoms. The van der Waals surface area contributed by atoms with Crippen molar-refractivity contribution in [1.82, 2.24) is 0 Å². The minimum absolute atomic E-state index is 0.0132. The van der Waals surface area contributed by atoms with Crippen LogP contribution in [0.25, 0.3) is 0 Å². The van der Waals surface area contributed by atoms with Gasteiger partial charge in [-0.3, -0.25) is 9.69 Å². The topological polar surface area (TPSA) is 32.3 Å². The molecule has 108 valence electrons. The van der Waals surface area contributed by atoms with Crippen molar-refractivity contribution in [2.45, 2.75) is 49.8 Å². The second-order valence-corrected chi connectivity index (χ2v) is 8.71. The highest BCUT2D eigenvalue weighted by atomic mass is 35.5. The Balaban J connectivity index is 2.22. The third-order valence-corrected chi connectivity index (χ3v) is 5.54. The van der Waals surface area contributed by atoms with Crippen molar-refractivity contribution in [2.75, 3.05) is 10.2 Å². The summed E-state index contributed by atoms with van der Waals surface area (Å²) in [4.78, 5) is 14.3. The highest BCUT2D eigenvalue weighted by molar-refractivity contribution is 8.02. The Bertz CT molecular complexity index is 589. The zero-order chi connectivity index (χ0) is 14.7. The number of rotatable bonds is 0. The van der Waals surface area contributed by atoms with Crippen molar-refractivity contribution in [3.8, 4) is 0 Å². The van der Waals surface area contributed by atoms with Crippen LogP contribution in [0.5, 0.6) is 0 Å². The van der Waals surface area contributed by atoms with E-state index >= 15 is 0 Å². The summed E-state index contributed by atoms with van der Waals surface area (Å²) in [6.07, 6.45) is 0.882. The van der Waals surface area contributed by atoms with Crippen molar-refractivity contribution in [3.63, 3.8) is 0 Å². The third kappa shape index (κ3) is 2.09. The predicted octanol–water partition coefficient (Wildman–Crippen LogP) is 4.12. The monoisotopic (exact) mass is 310 g/mol. The summed E-state index contributed by atoms with van der Waals surface area (Å²) in [5.41, 5.74) is 1.79. The molecule has 1 fully saturated rings. The Morgan fingerprint density at radius 1 is 1.40 bits per heavy atom. The maximum Gasteiger partial charge on any atom is 0.241 e. The first-order valence-corrected chi connectivity index (χ1v) is 8.07. The van der Waals surface area contributed by atoms with Crippen LogP contribution in [0.4, 0.5) is 11.4 Å². The fourth-order valence-corrected chi connectivity index (χ4v) is 5.29. The number of anilines is 2. The highest BCUT2D eigenvalue weighted by Gasteiger charge is 2.52. The van der Waals surface area contributed by atoms with E-state index in [0.29, 0.717) is 5.02 Å². The van der Waals surface area contributed by atoms with Crippen molar-refractivity contribution < 1.29 is 4.79 Å². The molecule has 0 bridgehead atoms. The van der Waals surface area contributed by atoms with Gasteiger partial charge < -0.3 is 5.32 Å². The van der Waals surface area contributed by atoms with E-state index in [1.54, 1.807) is 11.8 Å². The number of carbonyl (C=O) groups excluding carboxylic acids is 1. The summed E-state index contributed by atoms with van der Waals surface area (Å²) in [5, 5.41) is 4.19. The molecule has 2 aliphatic rings. The van der Waals surface area contributed by atoms with Gasteiger partial charge in [0.1, 0.15) is 0 Å². The van der Waals surface area contributed by atoms with Crippen molar-refractivity contribution in [2.24, 2.45) is 0 Å². The molecule has 3 nitrogen and oxygen atoms in total.